The topological polar surface area (TPSA) is 55.8 Å². The van der Waals surface area contributed by atoms with Crippen molar-refractivity contribution in [3.63, 3.8) is 0 Å². The molecule has 1 atom stereocenters. The van der Waals surface area contributed by atoms with Crippen molar-refractivity contribution in [2.75, 3.05) is 19.8 Å². The molecule has 0 saturated carbocycles. The summed E-state index contributed by atoms with van der Waals surface area (Å²) >= 11 is 0. The summed E-state index contributed by atoms with van der Waals surface area (Å²) in [5, 5.41) is 8.94. The van der Waals surface area contributed by atoms with Gasteiger partial charge in [0, 0.05) is 11.1 Å². The Balaban J connectivity index is 2.87. The van der Waals surface area contributed by atoms with Crippen molar-refractivity contribution in [3.8, 4) is 0 Å². The van der Waals surface area contributed by atoms with Gasteiger partial charge in [-0.25, -0.2) is 0 Å². The molecular formula is C16H24O4. The molecule has 0 saturated heterocycles. The Kier molecular flexibility index (Phi) is 6.85. The molecule has 1 unspecified atom stereocenters. The first-order chi connectivity index (χ1) is 9.53. The number of benzene rings is 1. The van der Waals surface area contributed by atoms with Crippen LogP contribution in [-0.2, 0) is 15.3 Å². The Morgan fingerprint density at radius 2 is 1.80 bits per heavy atom. The van der Waals surface area contributed by atoms with Crippen LogP contribution in [0.25, 0.3) is 0 Å². The third-order valence-corrected chi connectivity index (χ3v) is 3.16. The number of rotatable bonds is 9. The molecular weight excluding hydrogens is 256 g/mol. The molecule has 1 rings (SSSR count). The summed E-state index contributed by atoms with van der Waals surface area (Å²) in [6.45, 7) is 6.20. The van der Waals surface area contributed by atoms with Crippen molar-refractivity contribution in [2.24, 2.45) is 0 Å². The second kappa shape index (κ2) is 8.15. The van der Waals surface area contributed by atoms with Crippen molar-refractivity contribution >= 4 is 5.78 Å². The maximum Gasteiger partial charge on any atom is 0.191 e. The molecule has 20 heavy (non-hydrogen) atoms. The Labute approximate surface area is 120 Å². The first-order valence-corrected chi connectivity index (χ1v) is 7.03. The van der Waals surface area contributed by atoms with Gasteiger partial charge in [-0.05, 0) is 20.3 Å². The van der Waals surface area contributed by atoms with Crippen LogP contribution in [0.3, 0.4) is 0 Å². The van der Waals surface area contributed by atoms with Crippen LogP contribution < -0.4 is 0 Å². The van der Waals surface area contributed by atoms with Gasteiger partial charge >= 0.3 is 0 Å². The maximum atomic E-state index is 11.3. The highest BCUT2D eigenvalue weighted by Gasteiger charge is 2.28. The second-order valence-electron chi connectivity index (χ2n) is 4.85. The first-order valence-electron chi connectivity index (χ1n) is 7.03. The summed E-state index contributed by atoms with van der Waals surface area (Å²) in [7, 11) is 0. The molecule has 112 valence electrons. The van der Waals surface area contributed by atoms with E-state index >= 15 is 0 Å². The van der Waals surface area contributed by atoms with E-state index in [9.17, 15) is 4.79 Å². The van der Waals surface area contributed by atoms with E-state index in [0.29, 0.717) is 12.2 Å². The fraction of sp³-hybridized carbons (Fsp3) is 0.562. The van der Waals surface area contributed by atoms with E-state index < -0.39 is 5.79 Å². The van der Waals surface area contributed by atoms with E-state index in [4.69, 9.17) is 14.6 Å². The van der Waals surface area contributed by atoms with Crippen molar-refractivity contribution in [1.82, 2.24) is 0 Å². The molecule has 1 aromatic rings. The zero-order valence-electron chi connectivity index (χ0n) is 12.5. The van der Waals surface area contributed by atoms with E-state index in [1.807, 2.05) is 19.1 Å². The molecule has 1 aromatic carbocycles. The van der Waals surface area contributed by atoms with E-state index in [2.05, 4.69) is 6.92 Å². The molecule has 0 aliphatic rings. The third kappa shape index (κ3) is 4.71. The number of carbonyl (C=O) groups is 1. The van der Waals surface area contributed by atoms with Gasteiger partial charge in [-0.2, -0.15) is 0 Å². The normalized spacial score (nSPS) is 14.0. The minimum Gasteiger partial charge on any atom is -0.394 e. The number of Topliss-reactive ketones (excluding diaryl/α,β-unsaturated/α-hetero) is 1. The minimum absolute atomic E-state index is 0.0291. The number of ether oxygens (including phenoxy) is 2. The van der Waals surface area contributed by atoms with Gasteiger partial charge in [0.25, 0.3) is 0 Å². The molecule has 0 fully saturated rings. The molecule has 0 aliphatic carbocycles. The summed E-state index contributed by atoms with van der Waals surface area (Å²) in [6.07, 6.45) is 1.99. The zero-order chi connectivity index (χ0) is 15.0. The molecule has 0 aromatic heterocycles. The van der Waals surface area contributed by atoms with Crippen LogP contribution in [0.15, 0.2) is 24.3 Å². The van der Waals surface area contributed by atoms with Gasteiger partial charge in [-0.15, -0.1) is 0 Å². The van der Waals surface area contributed by atoms with E-state index in [-0.39, 0.29) is 19.0 Å². The van der Waals surface area contributed by atoms with E-state index in [1.165, 1.54) is 6.92 Å². The SMILES string of the molecule is CCCCOC(C)(OCCO)c1ccc(C(C)=O)cc1. The van der Waals surface area contributed by atoms with Gasteiger partial charge in [0.1, 0.15) is 0 Å². The highest BCUT2D eigenvalue weighted by molar-refractivity contribution is 5.94. The lowest BCUT2D eigenvalue weighted by Crippen LogP contribution is -2.31. The van der Waals surface area contributed by atoms with Crippen molar-refractivity contribution < 1.29 is 19.4 Å². The average Bonchev–Trinajstić information content (AvgIpc) is 2.45. The standard InChI is InChI=1S/C16H24O4/c1-4-5-11-19-16(3,20-12-10-17)15-8-6-14(7-9-15)13(2)18/h6-9,17H,4-5,10-12H2,1-3H3. The van der Waals surface area contributed by atoms with Gasteiger partial charge < -0.3 is 14.6 Å². The summed E-state index contributed by atoms with van der Waals surface area (Å²) in [6, 6.07) is 7.20. The average molecular weight is 280 g/mol. The molecule has 4 heteroatoms. The molecule has 0 radical (unpaired) electrons. The largest absolute Gasteiger partial charge is 0.394 e. The Bertz CT molecular complexity index is 413. The number of hydrogen-bond acceptors (Lipinski definition) is 4. The van der Waals surface area contributed by atoms with Crippen LogP contribution in [-0.4, -0.2) is 30.7 Å². The third-order valence-electron chi connectivity index (χ3n) is 3.16. The first kappa shape index (κ1) is 16.8. The van der Waals surface area contributed by atoms with E-state index in [0.717, 1.165) is 18.4 Å². The zero-order valence-corrected chi connectivity index (χ0v) is 12.5. The molecule has 0 bridgehead atoms. The van der Waals surface area contributed by atoms with Gasteiger partial charge in [-0.3, -0.25) is 4.79 Å². The lowest BCUT2D eigenvalue weighted by atomic mass is 10.0. The molecule has 0 aliphatic heterocycles. The number of aliphatic hydroxyl groups excluding tert-OH is 1. The van der Waals surface area contributed by atoms with Gasteiger partial charge in [0.15, 0.2) is 11.6 Å². The summed E-state index contributed by atoms with van der Waals surface area (Å²) < 4.78 is 11.5. The van der Waals surface area contributed by atoms with Crippen LogP contribution in [0, 0.1) is 0 Å². The lowest BCUT2D eigenvalue weighted by molar-refractivity contribution is -0.238. The lowest BCUT2D eigenvalue weighted by Gasteiger charge is -2.30. The predicted octanol–water partition coefficient (Wildman–Crippen LogP) is 2.89. The number of unbranched alkanes of at least 4 members (excludes halogenated alkanes) is 1. The van der Waals surface area contributed by atoms with Crippen LogP contribution in [0.1, 0.15) is 49.5 Å². The number of hydrogen-bond donors (Lipinski definition) is 1. The number of ketones is 1. The minimum atomic E-state index is -0.896. The van der Waals surface area contributed by atoms with Crippen molar-refractivity contribution in [1.29, 1.82) is 0 Å². The summed E-state index contributed by atoms with van der Waals surface area (Å²) in [5.74, 6) is -0.867. The van der Waals surface area contributed by atoms with Crippen LogP contribution >= 0.6 is 0 Å². The fourth-order valence-corrected chi connectivity index (χ4v) is 1.87. The van der Waals surface area contributed by atoms with E-state index in [1.54, 1.807) is 12.1 Å². The Hall–Kier alpha value is -1.23. The molecule has 0 amide bonds. The number of carbonyl (C=O) groups excluding carboxylic acids is 1. The van der Waals surface area contributed by atoms with Crippen LogP contribution in [0.4, 0.5) is 0 Å². The predicted molar refractivity (Wildman–Crippen MR) is 77.7 cm³/mol. The molecule has 0 spiro atoms. The van der Waals surface area contributed by atoms with Crippen molar-refractivity contribution in [2.45, 2.75) is 39.4 Å². The van der Waals surface area contributed by atoms with Crippen molar-refractivity contribution in [3.05, 3.63) is 35.4 Å². The Morgan fingerprint density at radius 1 is 1.20 bits per heavy atom. The maximum absolute atomic E-state index is 11.3. The Morgan fingerprint density at radius 3 is 2.30 bits per heavy atom. The second-order valence-corrected chi connectivity index (χ2v) is 4.85. The van der Waals surface area contributed by atoms with Gasteiger partial charge in [-0.1, -0.05) is 37.6 Å². The molecule has 4 nitrogen and oxygen atoms in total. The quantitative estimate of drug-likeness (QED) is 0.429. The molecule has 1 N–H and O–H groups in total. The van der Waals surface area contributed by atoms with Crippen LogP contribution in [0.5, 0.6) is 0 Å². The fourth-order valence-electron chi connectivity index (χ4n) is 1.87. The number of aliphatic hydroxyl groups is 1. The van der Waals surface area contributed by atoms with Gasteiger partial charge in [0.05, 0.1) is 19.8 Å². The summed E-state index contributed by atoms with van der Waals surface area (Å²) in [4.78, 5) is 11.3. The molecule has 0 heterocycles. The highest BCUT2D eigenvalue weighted by Crippen LogP contribution is 2.27. The van der Waals surface area contributed by atoms with Gasteiger partial charge in [0.2, 0.25) is 0 Å². The highest BCUT2D eigenvalue weighted by atomic mass is 16.7. The van der Waals surface area contributed by atoms with Crippen LogP contribution in [0.2, 0.25) is 0 Å². The smallest absolute Gasteiger partial charge is 0.191 e. The monoisotopic (exact) mass is 280 g/mol. The summed E-state index contributed by atoms with van der Waals surface area (Å²) in [5.41, 5.74) is 1.50.